The van der Waals surface area contributed by atoms with E-state index >= 15 is 0 Å². The van der Waals surface area contributed by atoms with Crippen molar-refractivity contribution in [2.75, 3.05) is 19.6 Å². The van der Waals surface area contributed by atoms with Crippen LogP contribution in [0.25, 0.3) is 0 Å². The molecule has 1 heterocycles. The van der Waals surface area contributed by atoms with Crippen LogP contribution in [-0.2, 0) is 0 Å². The van der Waals surface area contributed by atoms with Gasteiger partial charge in [-0.05, 0) is 113 Å². The first-order valence-electron chi connectivity index (χ1n) is 11.6. The number of rotatable bonds is 2. The molecule has 1 aliphatic heterocycles. The number of aliphatic hydroxyl groups is 2. The average Bonchev–Trinajstić information content (AvgIpc) is 3.24. The van der Waals surface area contributed by atoms with Crippen LogP contribution in [0.15, 0.2) is 0 Å². The van der Waals surface area contributed by atoms with E-state index in [1.54, 1.807) is 0 Å². The lowest BCUT2D eigenvalue weighted by molar-refractivity contribution is -0.143. The van der Waals surface area contributed by atoms with Crippen LogP contribution >= 0.6 is 0 Å². The summed E-state index contributed by atoms with van der Waals surface area (Å²) in [5, 5.41) is 21.3. The summed E-state index contributed by atoms with van der Waals surface area (Å²) in [5.74, 6) is 3.17. The first-order valence-corrected chi connectivity index (χ1v) is 11.6. The summed E-state index contributed by atoms with van der Waals surface area (Å²) in [6.45, 7) is 6.25. The second-order valence-corrected chi connectivity index (χ2v) is 10.9. The molecule has 0 aromatic carbocycles. The van der Waals surface area contributed by atoms with E-state index in [4.69, 9.17) is 0 Å². The lowest BCUT2D eigenvalue weighted by Gasteiger charge is -2.61. The predicted molar refractivity (Wildman–Crippen MR) is 104 cm³/mol. The largest absolute Gasteiger partial charge is 0.393 e. The topological polar surface area (TPSA) is 43.7 Å². The van der Waals surface area contributed by atoms with Gasteiger partial charge in [0, 0.05) is 12.0 Å². The Hall–Kier alpha value is -0.120. The Morgan fingerprint density at radius 1 is 0.885 bits per heavy atom. The van der Waals surface area contributed by atoms with E-state index in [0.29, 0.717) is 5.41 Å². The molecule has 2 N–H and O–H groups in total. The molecule has 4 aliphatic carbocycles. The highest BCUT2D eigenvalue weighted by molar-refractivity contribution is 5.11. The fourth-order valence-corrected chi connectivity index (χ4v) is 8.68. The van der Waals surface area contributed by atoms with Crippen LogP contribution in [0, 0.1) is 34.5 Å². The number of likely N-dealkylation sites (tertiary alicyclic amines) is 1. The fraction of sp³-hybridized carbons (Fsp3) is 1.00. The van der Waals surface area contributed by atoms with Gasteiger partial charge in [0.25, 0.3) is 0 Å². The quantitative estimate of drug-likeness (QED) is 0.786. The van der Waals surface area contributed by atoms with Gasteiger partial charge in [0.15, 0.2) is 0 Å². The highest BCUT2D eigenvalue weighted by atomic mass is 16.3. The Balaban J connectivity index is 1.41. The Bertz CT molecular complexity index is 532. The molecule has 5 rings (SSSR count). The summed E-state index contributed by atoms with van der Waals surface area (Å²) in [6, 6.07) is 0. The molecule has 148 valence electrons. The zero-order valence-corrected chi connectivity index (χ0v) is 16.7. The molecule has 0 unspecified atom stereocenters. The third-order valence-electron chi connectivity index (χ3n) is 10.0. The van der Waals surface area contributed by atoms with Gasteiger partial charge in [-0.25, -0.2) is 0 Å². The summed E-state index contributed by atoms with van der Waals surface area (Å²) in [6.07, 6.45) is 13.5. The van der Waals surface area contributed by atoms with E-state index in [2.05, 4.69) is 11.8 Å². The van der Waals surface area contributed by atoms with Crippen molar-refractivity contribution in [1.82, 2.24) is 4.90 Å². The van der Waals surface area contributed by atoms with Crippen molar-refractivity contribution >= 4 is 0 Å². The maximum atomic E-state index is 11.1. The van der Waals surface area contributed by atoms with Gasteiger partial charge in [-0.3, -0.25) is 0 Å². The monoisotopic (exact) mass is 361 g/mol. The van der Waals surface area contributed by atoms with Crippen molar-refractivity contribution in [1.29, 1.82) is 0 Å². The van der Waals surface area contributed by atoms with E-state index in [1.807, 2.05) is 0 Å². The Morgan fingerprint density at radius 2 is 1.69 bits per heavy atom. The predicted octanol–water partition coefficient (Wildman–Crippen LogP) is 3.83. The summed E-state index contributed by atoms with van der Waals surface area (Å²) >= 11 is 0. The van der Waals surface area contributed by atoms with E-state index in [1.165, 1.54) is 71.0 Å². The summed E-state index contributed by atoms with van der Waals surface area (Å²) in [4.78, 5) is 2.67. The molecule has 26 heavy (non-hydrogen) atoms. The van der Waals surface area contributed by atoms with Crippen LogP contribution in [0.2, 0.25) is 0 Å². The van der Waals surface area contributed by atoms with Gasteiger partial charge in [0.2, 0.25) is 0 Å². The molecule has 0 spiro atoms. The summed E-state index contributed by atoms with van der Waals surface area (Å²) < 4.78 is 0. The maximum absolute atomic E-state index is 11.1. The van der Waals surface area contributed by atoms with Crippen molar-refractivity contribution in [2.45, 2.75) is 89.8 Å². The van der Waals surface area contributed by atoms with Gasteiger partial charge < -0.3 is 15.1 Å². The highest BCUT2D eigenvalue weighted by Gasteiger charge is 2.61. The Morgan fingerprint density at radius 3 is 2.50 bits per heavy atom. The van der Waals surface area contributed by atoms with Gasteiger partial charge in [0.05, 0.1) is 12.2 Å². The number of fused-ring (bicyclic) bond motifs is 5. The minimum absolute atomic E-state index is 0.0456. The van der Waals surface area contributed by atoms with Crippen molar-refractivity contribution in [2.24, 2.45) is 34.5 Å². The zero-order chi connectivity index (χ0) is 17.9. The normalized spacial score (nSPS) is 54.6. The van der Waals surface area contributed by atoms with Crippen LogP contribution in [0.4, 0.5) is 0 Å². The molecule has 0 amide bonds. The van der Waals surface area contributed by atoms with Crippen molar-refractivity contribution in [3.05, 3.63) is 0 Å². The minimum atomic E-state index is -0.0623. The van der Waals surface area contributed by atoms with Crippen LogP contribution in [0.1, 0.15) is 77.6 Å². The van der Waals surface area contributed by atoms with Crippen LogP contribution in [-0.4, -0.2) is 47.0 Å². The Kier molecular flexibility index (Phi) is 4.46. The van der Waals surface area contributed by atoms with Gasteiger partial charge >= 0.3 is 0 Å². The molecule has 8 atom stereocenters. The van der Waals surface area contributed by atoms with Gasteiger partial charge in [0.1, 0.15) is 0 Å². The molecule has 3 nitrogen and oxygen atoms in total. The van der Waals surface area contributed by atoms with Crippen LogP contribution in [0.5, 0.6) is 0 Å². The summed E-state index contributed by atoms with van der Waals surface area (Å²) in [5.41, 5.74) is 0.651. The van der Waals surface area contributed by atoms with Gasteiger partial charge in [-0.1, -0.05) is 6.92 Å². The van der Waals surface area contributed by atoms with Crippen LogP contribution < -0.4 is 0 Å². The third-order valence-corrected chi connectivity index (χ3v) is 10.0. The van der Waals surface area contributed by atoms with E-state index in [-0.39, 0.29) is 17.6 Å². The molecule has 0 aromatic rings. The number of aliphatic hydroxyl groups excluding tert-OH is 2. The van der Waals surface area contributed by atoms with Crippen LogP contribution in [0.3, 0.4) is 0 Å². The highest BCUT2D eigenvalue weighted by Crippen LogP contribution is 2.66. The second-order valence-electron chi connectivity index (χ2n) is 10.9. The maximum Gasteiger partial charge on any atom is 0.0611 e. The lowest BCUT2D eigenvalue weighted by atomic mass is 9.45. The molecule has 0 radical (unpaired) electrons. The fourth-order valence-electron chi connectivity index (χ4n) is 8.68. The first kappa shape index (κ1) is 17.9. The average molecular weight is 362 g/mol. The second kappa shape index (κ2) is 6.46. The molecular weight excluding hydrogens is 322 g/mol. The molecule has 0 aromatic heterocycles. The van der Waals surface area contributed by atoms with Crippen molar-refractivity contribution in [3.8, 4) is 0 Å². The van der Waals surface area contributed by atoms with E-state index < -0.39 is 0 Å². The molecule has 4 saturated carbocycles. The number of hydrogen-bond donors (Lipinski definition) is 2. The van der Waals surface area contributed by atoms with Gasteiger partial charge in [-0.15, -0.1) is 0 Å². The molecule has 3 heteroatoms. The van der Waals surface area contributed by atoms with Crippen molar-refractivity contribution < 1.29 is 10.2 Å². The molecule has 0 bridgehead atoms. The van der Waals surface area contributed by atoms with Gasteiger partial charge in [-0.2, -0.15) is 0 Å². The molecule has 1 saturated heterocycles. The minimum Gasteiger partial charge on any atom is -0.393 e. The molecule has 5 aliphatic rings. The third kappa shape index (κ3) is 2.56. The smallest absolute Gasteiger partial charge is 0.0611 e. The van der Waals surface area contributed by atoms with Crippen molar-refractivity contribution in [3.63, 3.8) is 0 Å². The Labute approximate surface area is 159 Å². The number of nitrogens with zero attached hydrogens (tertiary/aromatic N) is 1. The standard InChI is InChI=1S/C23H39NO2/c1-22-10-8-17(25)14-16(22)4-5-18-19(22)9-11-23(15-24-12-2-3-13-24)20(18)6-7-21(23)26/h16-21,25-26H,2-15H2,1H3/t16-,17+,18+,19-,20-,21-,22-,23+/m0/s1. The number of hydrogen-bond acceptors (Lipinski definition) is 3. The molecular formula is C23H39NO2. The molecule has 5 fully saturated rings. The van der Waals surface area contributed by atoms with E-state index in [9.17, 15) is 10.2 Å². The first-order chi connectivity index (χ1) is 12.5. The van der Waals surface area contributed by atoms with E-state index in [0.717, 1.165) is 42.9 Å². The summed E-state index contributed by atoms with van der Waals surface area (Å²) in [7, 11) is 0. The SMILES string of the molecule is C[C@]12CC[C@@H](O)C[C@@H]1CC[C@@H]1[C@@H]2CC[C@]2(CN3CCCC3)[C@@H](O)CC[C@@H]12. The lowest BCUT2D eigenvalue weighted by Crippen LogP contribution is -2.57. The zero-order valence-electron chi connectivity index (χ0n) is 16.7.